The lowest BCUT2D eigenvalue weighted by atomic mass is 10.0. The van der Waals surface area contributed by atoms with Gasteiger partial charge in [0.2, 0.25) is 5.78 Å². The third-order valence-electron chi connectivity index (χ3n) is 2.63. The molecule has 3 nitrogen and oxygen atoms in total. The van der Waals surface area contributed by atoms with Gasteiger partial charge in [0.1, 0.15) is 11.4 Å². The highest BCUT2D eigenvalue weighted by Crippen LogP contribution is 2.17. The smallest absolute Gasteiger partial charge is 0.211 e. The summed E-state index contributed by atoms with van der Waals surface area (Å²) < 4.78 is 5.39. The lowest BCUT2D eigenvalue weighted by Crippen LogP contribution is -2.06. The summed E-state index contributed by atoms with van der Waals surface area (Å²) in [5, 5.41) is 0. The van der Waals surface area contributed by atoms with E-state index in [0.29, 0.717) is 23.6 Å². The van der Waals surface area contributed by atoms with Gasteiger partial charge in [0.15, 0.2) is 0 Å². The minimum Gasteiger partial charge on any atom is -0.494 e. The van der Waals surface area contributed by atoms with Crippen LogP contribution in [0.5, 0.6) is 5.75 Å². The molecule has 0 spiro atoms. The molecule has 0 atom stereocenters. The Labute approximate surface area is 106 Å². The maximum absolute atomic E-state index is 12.3. The van der Waals surface area contributed by atoms with Gasteiger partial charge in [0.05, 0.1) is 6.61 Å². The number of nitrogens with zero attached hydrogens (tertiary/aromatic N) is 1. The Bertz CT molecular complexity index is 564. The molecule has 0 N–H and O–H groups in total. The summed E-state index contributed by atoms with van der Waals surface area (Å²) in [6, 6.07) is 10.9. The first kappa shape index (κ1) is 12.3. The Balaban J connectivity index is 2.34. The molecule has 1 aromatic carbocycles. The molecule has 0 saturated carbocycles. The summed E-state index contributed by atoms with van der Waals surface area (Å²) in [6.07, 6.45) is 1.63. The number of aromatic nitrogens is 1. The molecule has 0 aliphatic carbocycles. The van der Waals surface area contributed by atoms with Crippen molar-refractivity contribution in [3.8, 4) is 5.75 Å². The van der Waals surface area contributed by atoms with Crippen LogP contribution in [-0.2, 0) is 0 Å². The summed E-state index contributed by atoms with van der Waals surface area (Å²) in [5.74, 6) is 0.631. The van der Waals surface area contributed by atoms with Gasteiger partial charge in [-0.2, -0.15) is 0 Å². The van der Waals surface area contributed by atoms with Crippen LogP contribution in [0.15, 0.2) is 42.6 Å². The zero-order valence-corrected chi connectivity index (χ0v) is 10.5. The van der Waals surface area contributed by atoms with Crippen molar-refractivity contribution in [2.45, 2.75) is 13.8 Å². The molecule has 1 aromatic heterocycles. The van der Waals surface area contributed by atoms with E-state index in [1.54, 1.807) is 18.3 Å². The van der Waals surface area contributed by atoms with Crippen molar-refractivity contribution in [2.24, 2.45) is 0 Å². The predicted molar refractivity (Wildman–Crippen MR) is 70.0 cm³/mol. The van der Waals surface area contributed by atoms with Gasteiger partial charge in [0.25, 0.3) is 0 Å². The minimum absolute atomic E-state index is 0.0744. The molecule has 0 radical (unpaired) electrons. The van der Waals surface area contributed by atoms with Gasteiger partial charge in [-0.3, -0.25) is 9.78 Å². The standard InChI is InChI=1S/C15H15NO2/c1-3-18-13-8-4-7-12(10-13)15(17)14-11(2)6-5-9-16-14/h4-10H,3H2,1-2H3. The maximum atomic E-state index is 12.3. The first-order valence-corrected chi connectivity index (χ1v) is 5.91. The molecule has 0 aliphatic rings. The van der Waals surface area contributed by atoms with E-state index < -0.39 is 0 Å². The van der Waals surface area contributed by atoms with Gasteiger partial charge in [-0.1, -0.05) is 18.2 Å². The van der Waals surface area contributed by atoms with Gasteiger partial charge < -0.3 is 4.74 Å². The lowest BCUT2D eigenvalue weighted by molar-refractivity contribution is 0.103. The number of aryl methyl sites for hydroxylation is 1. The molecular weight excluding hydrogens is 226 g/mol. The van der Waals surface area contributed by atoms with Gasteiger partial charge in [0, 0.05) is 11.8 Å². The molecule has 0 fully saturated rings. The monoisotopic (exact) mass is 241 g/mol. The van der Waals surface area contributed by atoms with Crippen LogP contribution >= 0.6 is 0 Å². The van der Waals surface area contributed by atoms with E-state index in [9.17, 15) is 4.79 Å². The van der Waals surface area contributed by atoms with E-state index in [-0.39, 0.29) is 5.78 Å². The fourth-order valence-corrected chi connectivity index (χ4v) is 1.75. The van der Waals surface area contributed by atoms with E-state index in [2.05, 4.69) is 4.98 Å². The van der Waals surface area contributed by atoms with E-state index >= 15 is 0 Å². The van der Waals surface area contributed by atoms with Crippen LogP contribution in [0.3, 0.4) is 0 Å². The predicted octanol–water partition coefficient (Wildman–Crippen LogP) is 3.02. The highest BCUT2D eigenvalue weighted by molar-refractivity contribution is 6.08. The van der Waals surface area contributed by atoms with Crippen LogP contribution in [0.25, 0.3) is 0 Å². The summed E-state index contributed by atoms with van der Waals surface area (Å²) in [5.41, 5.74) is 1.97. The van der Waals surface area contributed by atoms with Crippen LogP contribution in [0.1, 0.15) is 28.5 Å². The molecule has 0 bridgehead atoms. The number of ether oxygens (including phenoxy) is 1. The zero-order chi connectivity index (χ0) is 13.0. The van der Waals surface area contributed by atoms with Gasteiger partial charge in [-0.25, -0.2) is 0 Å². The second-order valence-electron chi connectivity index (χ2n) is 3.96. The van der Waals surface area contributed by atoms with Crippen molar-refractivity contribution in [1.29, 1.82) is 0 Å². The van der Waals surface area contributed by atoms with Gasteiger partial charge in [-0.05, 0) is 37.6 Å². The highest BCUT2D eigenvalue weighted by atomic mass is 16.5. The number of carbonyl (C=O) groups excluding carboxylic acids is 1. The first-order chi connectivity index (χ1) is 8.72. The fourth-order valence-electron chi connectivity index (χ4n) is 1.75. The third kappa shape index (κ3) is 2.56. The number of pyridine rings is 1. The van der Waals surface area contributed by atoms with Crippen LogP contribution in [-0.4, -0.2) is 17.4 Å². The summed E-state index contributed by atoms with van der Waals surface area (Å²) in [4.78, 5) is 16.4. The fraction of sp³-hybridized carbons (Fsp3) is 0.200. The molecule has 0 aliphatic heterocycles. The molecule has 1 heterocycles. The molecule has 0 saturated heterocycles. The van der Waals surface area contributed by atoms with Crippen molar-refractivity contribution >= 4 is 5.78 Å². The molecule has 0 amide bonds. The minimum atomic E-state index is -0.0744. The maximum Gasteiger partial charge on any atom is 0.211 e. The molecule has 0 unspecified atom stereocenters. The van der Waals surface area contributed by atoms with Gasteiger partial charge in [-0.15, -0.1) is 0 Å². The Morgan fingerprint density at radius 1 is 1.28 bits per heavy atom. The molecule has 2 aromatic rings. The number of hydrogen-bond acceptors (Lipinski definition) is 3. The largest absolute Gasteiger partial charge is 0.494 e. The van der Waals surface area contributed by atoms with Gasteiger partial charge >= 0.3 is 0 Å². The van der Waals surface area contributed by atoms with Crippen molar-refractivity contribution in [3.05, 3.63) is 59.4 Å². The summed E-state index contributed by atoms with van der Waals surface area (Å²) in [6.45, 7) is 4.38. The topological polar surface area (TPSA) is 39.2 Å². The molecular formula is C15H15NO2. The van der Waals surface area contributed by atoms with E-state index in [1.807, 2.05) is 38.1 Å². The van der Waals surface area contributed by atoms with Crippen LogP contribution in [0.2, 0.25) is 0 Å². The Morgan fingerprint density at radius 2 is 2.11 bits per heavy atom. The van der Waals surface area contributed by atoms with Crippen molar-refractivity contribution in [3.63, 3.8) is 0 Å². The lowest BCUT2D eigenvalue weighted by Gasteiger charge is -2.06. The second kappa shape index (κ2) is 5.45. The average Bonchev–Trinajstić information content (AvgIpc) is 2.39. The molecule has 18 heavy (non-hydrogen) atoms. The number of rotatable bonds is 4. The molecule has 2 rings (SSSR count). The number of benzene rings is 1. The number of ketones is 1. The molecule has 3 heteroatoms. The quantitative estimate of drug-likeness (QED) is 0.772. The van der Waals surface area contributed by atoms with Crippen LogP contribution < -0.4 is 4.74 Å². The highest BCUT2D eigenvalue weighted by Gasteiger charge is 2.13. The van der Waals surface area contributed by atoms with E-state index in [1.165, 1.54) is 0 Å². The van der Waals surface area contributed by atoms with Crippen molar-refractivity contribution in [1.82, 2.24) is 4.98 Å². The normalized spacial score (nSPS) is 10.1. The van der Waals surface area contributed by atoms with Crippen LogP contribution in [0.4, 0.5) is 0 Å². The number of hydrogen-bond donors (Lipinski definition) is 0. The van der Waals surface area contributed by atoms with Crippen molar-refractivity contribution < 1.29 is 9.53 Å². The first-order valence-electron chi connectivity index (χ1n) is 5.91. The zero-order valence-electron chi connectivity index (χ0n) is 10.5. The summed E-state index contributed by atoms with van der Waals surface area (Å²) >= 11 is 0. The van der Waals surface area contributed by atoms with Crippen LogP contribution in [0, 0.1) is 6.92 Å². The average molecular weight is 241 g/mol. The Hall–Kier alpha value is -2.16. The second-order valence-corrected chi connectivity index (χ2v) is 3.96. The number of carbonyl (C=O) groups is 1. The van der Waals surface area contributed by atoms with E-state index in [4.69, 9.17) is 4.74 Å². The SMILES string of the molecule is CCOc1cccc(C(=O)c2ncccc2C)c1. The Kier molecular flexibility index (Phi) is 3.72. The van der Waals surface area contributed by atoms with Crippen molar-refractivity contribution in [2.75, 3.05) is 6.61 Å². The summed E-state index contributed by atoms with van der Waals surface area (Å²) in [7, 11) is 0. The Morgan fingerprint density at radius 3 is 2.83 bits per heavy atom. The molecule has 92 valence electrons. The van der Waals surface area contributed by atoms with E-state index in [0.717, 1.165) is 5.56 Å². The third-order valence-corrected chi connectivity index (χ3v) is 2.63.